The molecule has 0 radical (unpaired) electrons. The van der Waals surface area contributed by atoms with Gasteiger partial charge in [-0.15, -0.1) is 0 Å². The molecule has 4 aromatic rings. The van der Waals surface area contributed by atoms with Gasteiger partial charge in [-0.1, -0.05) is 55.1 Å². The van der Waals surface area contributed by atoms with Crippen molar-refractivity contribution >= 4 is 40.3 Å². The Kier molecular flexibility index (Phi) is 8.94. The smallest absolute Gasteiger partial charge is 0.282 e. The highest BCUT2D eigenvalue weighted by molar-refractivity contribution is 6.32. The molecule has 1 amide bonds. The van der Waals surface area contributed by atoms with Gasteiger partial charge in [-0.3, -0.25) is 9.59 Å². The molecule has 1 aromatic heterocycles. The van der Waals surface area contributed by atoms with Crippen molar-refractivity contribution in [3.63, 3.8) is 0 Å². The summed E-state index contributed by atoms with van der Waals surface area (Å²) in [6.45, 7) is 1.71. The van der Waals surface area contributed by atoms with Crippen molar-refractivity contribution in [2.24, 2.45) is 5.10 Å². The molecule has 0 saturated heterocycles. The molecule has 0 spiro atoms. The number of benzene rings is 3. The van der Waals surface area contributed by atoms with E-state index in [2.05, 4.69) is 10.4 Å². The standard InChI is InChI=1S/C31H30ClFN4O4/c1-2-40-27-17-20(16-23(32)29(27)41-19-28(38)35-26-15-9-7-13-24(26)33)18-34-37-30(21-10-4-3-5-11-21)36-25-14-8-6-12-22(25)31(37)39/h6-9,12-18,21H,2-5,10-11,19H2,1H3,(H,35,38). The van der Waals surface area contributed by atoms with E-state index in [0.29, 0.717) is 34.6 Å². The predicted octanol–water partition coefficient (Wildman–Crippen LogP) is 6.54. The second kappa shape index (κ2) is 13.0. The third kappa shape index (κ3) is 6.57. The molecule has 0 aliphatic heterocycles. The van der Waals surface area contributed by atoms with Crippen LogP contribution in [0.15, 0.2) is 70.6 Å². The number of para-hydroxylation sites is 2. The molecule has 0 unspecified atom stereocenters. The van der Waals surface area contributed by atoms with E-state index in [4.69, 9.17) is 26.1 Å². The van der Waals surface area contributed by atoms with Crippen molar-refractivity contribution in [3.8, 4) is 11.5 Å². The van der Waals surface area contributed by atoms with Crippen LogP contribution in [0.5, 0.6) is 11.5 Å². The molecular weight excluding hydrogens is 547 g/mol. The fourth-order valence-corrected chi connectivity index (χ4v) is 5.23. The van der Waals surface area contributed by atoms with Crippen LogP contribution in [-0.4, -0.2) is 35.0 Å². The zero-order chi connectivity index (χ0) is 28.8. The maximum Gasteiger partial charge on any atom is 0.282 e. The van der Waals surface area contributed by atoms with Gasteiger partial charge in [0.15, 0.2) is 18.1 Å². The molecule has 1 heterocycles. The van der Waals surface area contributed by atoms with Crippen molar-refractivity contribution in [1.82, 2.24) is 9.66 Å². The Morgan fingerprint density at radius 2 is 1.88 bits per heavy atom. The minimum atomic E-state index is -0.558. The number of hydrogen-bond donors (Lipinski definition) is 1. The van der Waals surface area contributed by atoms with E-state index in [0.717, 1.165) is 25.7 Å². The van der Waals surface area contributed by atoms with Gasteiger partial charge in [-0.25, -0.2) is 9.37 Å². The number of anilines is 1. The van der Waals surface area contributed by atoms with Gasteiger partial charge in [0, 0.05) is 5.92 Å². The molecular formula is C31H30ClFN4O4. The Labute approximate surface area is 241 Å². The molecule has 8 nitrogen and oxygen atoms in total. The van der Waals surface area contributed by atoms with E-state index in [1.807, 2.05) is 18.2 Å². The van der Waals surface area contributed by atoms with Gasteiger partial charge in [0.1, 0.15) is 11.6 Å². The van der Waals surface area contributed by atoms with Gasteiger partial charge < -0.3 is 14.8 Å². The summed E-state index contributed by atoms with van der Waals surface area (Å²) in [6, 6.07) is 16.4. The van der Waals surface area contributed by atoms with Gasteiger partial charge in [0.2, 0.25) is 0 Å². The van der Waals surface area contributed by atoms with Gasteiger partial charge in [-0.2, -0.15) is 9.78 Å². The van der Waals surface area contributed by atoms with Crippen LogP contribution in [0.25, 0.3) is 10.9 Å². The lowest BCUT2D eigenvalue weighted by atomic mass is 9.88. The van der Waals surface area contributed by atoms with Crippen LogP contribution in [0.2, 0.25) is 5.02 Å². The quantitative estimate of drug-likeness (QED) is 0.228. The second-order valence-corrected chi connectivity index (χ2v) is 10.2. The maximum absolute atomic E-state index is 13.9. The average molecular weight is 577 g/mol. The van der Waals surface area contributed by atoms with Gasteiger partial charge in [0.25, 0.3) is 11.5 Å². The third-order valence-electron chi connectivity index (χ3n) is 6.90. The topological polar surface area (TPSA) is 94.8 Å². The zero-order valence-corrected chi connectivity index (χ0v) is 23.4. The molecule has 1 saturated carbocycles. The summed E-state index contributed by atoms with van der Waals surface area (Å²) >= 11 is 6.54. The number of fused-ring (bicyclic) bond motifs is 1. The minimum Gasteiger partial charge on any atom is -0.490 e. The van der Waals surface area contributed by atoms with Crippen molar-refractivity contribution in [1.29, 1.82) is 0 Å². The average Bonchev–Trinajstić information content (AvgIpc) is 2.98. The lowest BCUT2D eigenvalue weighted by Gasteiger charge is -2.22. The van der Waals surface area contributed by atoms with Gasteiger partial charge in [0.05, 0.1) is 34.4 Å². The van der Waals surface area contributed by atoms with E-state index in [1.165, 1.54) is 35.5 Å². The van der Waals surface area contributed by atoms with Crippen LogP contribution in [0, 0.1) is 5.82 Å². The summed E-state index contributed by atoms with van der Waals surface area (Å²) in [7, 11) is 0. The lowest BCUT2D eigenvalue weighted by Crippen LogP contribution is -2.25. The predicted molar refractivity (Wildman–Crippen MR) is 158 cm³/mol. The van der Waals surface area contributed by atoms with Crippen molar-refractivity contribution < 1.29 is 18.7 Å². The number of aromatic nitrogens is 2. The van der Waals surface area contributed by atoms with Crippen LogP contribution in [-0.2, 0) is 4.79 Å². The van der Waals surface area contributed by atoms with Crippen LogP contribution in [0.3, 0.4) is 0 Å². The molecule has 1 fully saturated rings. The largest absolute Gasteiger partial charge is 0.490 e. The summed E-state index contributed by atoms with van der Waals surface area (Å²) in [5.74, 6) is 0.162. The molecule has 1 N–H and O–H groups in total. The third-order valence-corrected chi connectivity index (χ3v) is 7.18. The molecule has 41 heavy (non-hydrogen) atoms. The van der Waals surface area contributed by atoms with Crippen LogP contribution in [0.1, 0.15) is 56.3 Å². The summed E-state index contributed by atoms with van der Waals surface area (Å²) in [5, 5.41) is 7.72. The molecule has 0 atom stereocenters. The molecule has 1 aliphatic rings. The van der Waals surface area contributed by atoms with Crippen LogP contribution < -0.4 is 20.3 Å². The normalized spacial score (nSPS) is 13.9. The fourth-order valence-electron chi connectivity index (χ4n) is 4.95. The monoisotopic (exact) mass is 576 g/mol. The van der Waals surface area contributed by atoms with Crippen LogP contribution >= 0.6 is 11.6 Å². The molecule has 1 aliphatic carbocycles. The van der Waals surface area contributed by atoms with Crippen molar-refractivity contribution in [2.45, 2.75) is 44.9 Å². The highest BCUT2D eigenvalue weighted by Crippen LogP contribution is 2.37. The van der Waals surface area contributed by atoms with Gasteiger partial charge >= 0.3 is 0 Å². The Morgan fingerprint density at radius 1 is 1.12 bits per heavy atom. The van der Waals surface area contributed by atoms with E-state index >= 15 is 0 Å². The first-order chi connectivity index (χ1) is 19.9. The minimum absolute atomic E-state index is 0.0507. The van der Waals surface area contributed by atoms with Crippen molar-refractivity contribution in [2.75, 3.05) is 18.5 Å². The highest BCUT2D eigenvalue weighted by atomic mass is 35.5. The van der Waals surface area contributed by atoms with Crippen molar-refractivity contribution in [3.05, 3.63) is 93.2 Å². The second-order valence-electron chi connectivity index (χ2n) is 9.76. The zero-order valence-electron chi connectivity index (χ0n) is 22.6. The first-order valence-electron chi connectivity index (χ1n) is 13.6. The first-order valence-corrected chi connectivity index (χ1v) is 14.0. The highest BCUT2D eigenvalue weighted by Gasteiger charge is 2.22. The van der Waals surface area contributed by atoms with Crippen LogP contribution in [0.4, 0.5) is 10.1 Å². The summed E-state index contributed by atoms with van der Waals surface area (Å²) in [4.78, 5) is 30.7. The van der Waals surface area contributed by atoms with E-state index < -0.39 is 18.3 Å². The van der Waals surface area contributed by atoms with E-state index in [1.54, 1.807) is 31.2 Å². The number of carbonyl (C=O) groups excluding carboxylic acids is 1. The lowest BCUT2D eigenvalue weighted by molar-refractivity contribution is -0.118. The summed E-state index contributed by atoms with van der Waals surface area (Å²) in [5.41, 5.74) is 1.04. The molecule has 10 heteroatoms. The number of rotatable bonds is 9. The maximum atomic E-state index is 13.9. The van der Waals surface area contributed by atoms with Gasteiger partial charge in [-0.05, 0) is 61.7 Å². The fraction of sp³-hybridized carbons (Fsp3) is 0.290. The molecule has 3 aromatic carbocycles. The molecule has 212 valence electrons. The Balaban J connectivity index is 1.42. The Hall–Kier alpha value is -4.24. The number of carbonyl (C=O) groups is 1. The Bertz CT molecular complexity index is 1650. The SMILES string of the molecule is CCOc1cc(C=Nn2c(C3CCCCC3)nc3ccccc3c2=O)cc(Cl)c1OCC(=O)Nc1ccccc1F. The number of halogens is 2. The van der Waals surface area contributed by atoms with E-state index in [9.17, 15) is 14.0 Å². The molecule has 5 rings (SSSR count). The summed E-state index contributed by atoms with van der Waals surface area (Å²) < 4.78 is 26.7. The number of hydrogen-bond acceptors (Lipinski definition) is 6. The number of nitrogens with zero attached hydrogens (tertiary/aromatic N) is 3. The number of amides is 1. The molecule has 0 bridgehead atoms. The van der Waals surface area contributed by atoms with E-state index in [-0.39, 0.29) is 27.9 Å². The number of nitrogens with one attached hydrogen (secondary N) is 1. The first kappa shape index (κ1) is 28.3. The number of ether oxygens (including phenoxy) is 2. The summed E-state index contributed by atoms with van der Waals surface area (Å²) in [6.07, 6.45) is 6.80. The Morgan fingerprint density at radius 3 is 2.66 bits per heavy atom.